The molecule has 7 heteroatoms. The van der Waals surface area contributed by atoms with E-state index in [1.165, 1.54) is 16.7 Å². The number of nitrogens with zero attached hydrogens (tertiary/aromatic N) is 1. The van der Waals surface area contributed by atoms with Gasteiger partial charge in [-0.2, -0.15) is 0 Å². The fraction of sp³-hybridized carbons (Fsp3) is 0.133. The molecule has 0 amide bonds. The second-order valence-corrected chi connectivity index (χ2v) is 7.97. The average Bonchev–Trinajstić information content (AvgIpc) is 3.16. The van der Waals surface area contributed by atoms with Gasteiger partial charge in [-0.25, -0.2) is 13.4 Å². The number of nitrogens with one attached hydrogen (secondary N) is 1. The van der Waals surface area contributed by atoms with E-state index in [-0.39, 0.29) is 11.8 Å². The molecule has 3 heterocycles. The standard InChI is InChI=1S/C15H12N2O3S2/c18-22(19)7-6-11(9-22)16-12-8-20-15-13(12)17-14(21-15)10-4-2-1-3-5-10/h1-8,11,16H,9H2. The molecule has 1 aliphatic rings. The Kier molecular flexibility index (Phi) is 3.05. The van der Waals surface area contributed by atoms with Gasteiger partial charge in [-0.05, 0) is 0 Å². The molecular formula is C15H12N2O3S2. The van der Waals surface area contributed by atoms with Crippen LogP contribution < -0.4 is 5.32 Å². The van der Waals surface area contributed by atoms with E-state index in [2.05, 4.69) is 10.3 Å². The van der Waals surface area contributed by atoms with E-state index in [1.807, 2.05) is 30.3 Å². The molecule has 1 unspecified atom stereocenters. The number of sulfone groups is 1. The molecule has 0 saturated heterocycles. The third-order valence-electron chi connectivity index (χ3n) is 3.43. The van der Waals surface area contributed by atoms with E-state index >= 15 is 0 Å². The summed E-state index contributed by atoms with van der Waals surface area (Å²) < 4.78 is 28.5. The van der Waals surface area contributed by atoms with Crippen molar-refractivity contribution in [3.63, 3.8) is 0 Å². The van der Waals surface area contributed by atoms with Crippen molar-refractivity contribution in [2.45, 2.75) is 6.04 Å². The first-order valence-electron chi connectivity index (χ1n) is 6.72. The SMILES string of the molecule is O=S1(=O)C=CC(Nc2coc3sc(-c4ccccc4)nc23)C1. The van der Waals surface area contributed by atoms with Crippen LogP contribution in [0.25, 0.3) is 21.0 Å². The van der Waals surface area contributed by atoms with E-state index in [0.717, 1.165) is 26.7 Å². The Balaban J connectivity index is 1.66. The van der Waals surface area contributed by atoms with Crippen molar-refractivity contribution in [3.05, 3.63) is 48.1 Å². The second kappa shape index (κ2) is 4.96. The lowest BCUT2D eigenvalue weighted by molar-refractivity contribution is 0.605. The van der Waals surface area contributed by atoms with E-state index < -0.39 is 9.84 Å². The van der Waals surface area contributed by atoms with Crippen molar-refractivity contribution in [3.8, 4) is 10.6 Å². The molecule has 112 valence electrons. The Morgan fingerprint density at radius 2 is 2.09 bits per heavy atom. The van der Waals surface area contributed by atoms with Crippen LogP contribution in [0, 0.1) is 0 Å². The van der Waals surface area contributed by atoms with Gasteiger partial charge < -0.3 is 9.73 Å². The summed E-state index contributed by atoms with van der Waals surface area (Å²) in [4.78, 5) is 5.34. The lowest BCUT2D eigenvalue weighted by atomic mass is 10.2. The first kappa shape index (κ1) is 13.5. The van der Waals surface area contributed by atoms with Crippen LogP contribution in [-0.4, -0.2) is 25.2 Å². The zero-order chi connectivity index (χ0) is 15.2. The van der Waals surface area contributed by atoms with Crippen LogP contribution in [0.5, 0.6) is 0 Å². The van der Waals surface area contributed by atoms with Gasteiger partial charge in [0.15, 0.2) is 9.84 Å². The summed E-state index contributed by atoms with van der Waals surface area (Å²) >= 11 is 1.47. The van der Waals surface area contributed by atoms with E-state index in [4.69, 9.17) is 4.42 Å². The van der Waals surface area contributed by atoms with Crippen molar-refractivity contribution in [2.75, 3.05) is 11.1 Å². The van der Waals surface area contributed by atoms with Crippen LogP contribution in [0.2, 0.25) is 0 Å². The zero-order valence-electron chi connectivity index (χ0n) is 11.4. The minimum Gasteiger partial charge on any atom is -0.450 e. The van der Waals surface area contributed by atoms with Gasteiger partial charge in [-0.1, -0.05) is 47.7 Å². The normalized spacial score (nSPS) is 19.7. The highest BCUT2D eigenvalue weighted by Gasteiger charge is 2.23. The molecule has 1 aliphatic heterocycles. The Bertz CT molecular complexity index is 955. The van der Waals surface area contributed by atoms with Crippen molar-refractivity contribution >= 4 is 37.3 Å². The zero-order valence-corrected chi connectivity index (χ0v) is 13.0. The monoisotopic (exact) mass is 332 g/mol. The molecule has 2 aromatic heterocycles. The number of hydrogen-bond donors (Lipinski definition) is 1. The maximum atomic E-state index is 11.5. The van der Waals surface area contributed by atoms with Crippen molar-refractivity contribution < 1.29 is 12.8 Å². The topological polar surface area (TPSA) is 72.2 Å². The number of thiazole rings is 1. The molecular weight excluding hydrogens is 320 g/mol. The van der Waals surface area contributed by atoms with Gasteiger partial charge >= 0.3 is 0 Å². The van der Waals surface area contributed by atoms with Crippen molar-refractivity contribution in [2.24, 2.45) is 0 Å². The molecule has 4 rings (SSSR count). The van der Waals surface area contributed by atoms with Gasteiger partial charge in [-0.3, -0.25) is 0 Å². The maximum absolute atomic E-state index is 11.5. The number of aromatic nitrogens is 1. The van der Waals surface area contributed by atoms with Gasteiger partial charge in [-0.15, -0.1) is 0 Å². The van der Waals surface area contributed by atoms with Crippen molar-refractivity contribution in [1.29, 1.82) is 0 Å². The first-order valence-corrected chi connectivity index (χ1v) is 9.25. The molecule has 0 bridgehead atoms. The fourth-order valence-corrected chi connectivity index (χ4v) is 4.55. The largest absolute Gasteiger partial charge is 0.450 e. The Labute approximate surface area is 131 Å². The Hall–Kier alpha value is -2.12. The molecule has 3 aromatic rings. The van der Waals surface area contributed by atoms with E-state index in [1.54, 1.807) is 12.3 Å². The smallest absolute Gasteiger partial charge is 0.210 e. The Morgan fingerprint density at radius 3 is 2.82 bits per heavy atom. The first-order chi connectivity index (χ1) is 10.6. The van der Waals surface area contributed by atoms with Crippen LogP contribution in [0.15, 0.2) is 52.5 Å². The number of benzene rings is 1. The summed E-state index contributed by atoms with van der Waals surface area (Å²) in [6, 6.07) is 9.64. The molecule has 1 aromatic carbocycles. The van der Waals surface area contributed by atoms with E-state index in [0.29, 0.717) is 0 Å². The second-order valence-electron chi connectivity index (χ2n) is 5.08. The average molecular weight is 332 g/mol. The highest BCUT2D eigenvalue weighted by molar-refractivity contribution is 7.94. The molecule has 0 aliphatic carbocycles. The predicted octanol–water partition coefficient (Wildman–Crippen LogP) is 3.28. The molecule has 22 heavy (non-hydrogen) atoms. The number of rotatable bonds is 3. The van der Waals surface area contributed by atoms with Gasteiger partial charge in [0.05, 0.1) is 11.8 Å². The van der Waals surface area contributed by atoms with Crippen LogP contribution in [0.1, 0.15) is 0 Å². The summed E-state index contributed by atoms with van der Waals surface area (Å²) in [6.07, 6.45) is 3.24. The van der Waals surface area contributed by atoms with Gasteiger partial charge in [0.2, 0.25) is 4.90 Å². The van der Waals surface area contributed by atoms with Crippen molar-refractivity contribution in [1.82, 2.24) is 4.98 Å². The lowest BCUT2D eigenvalue weighted by Gasteiger charge is -2.08. The third kappa shape index (κ3) is 2.42. The number of hydrogen-bond acceptors (Lipinski definition) is 6. The molecule has 0 fully saturated rings. The highest BCUT2D eigenvalue weighted by Crippen LogP contribution is 2.35. The summed E-state index contributed by atoms with van der Waals surface area (Å²) in [5.41, 5.74) is 2.50. The fourth-order valence-electron chi connectivity index (χ4n) is 2.40. The summed E-state index contributed by atoms with van der Waals surface area (Å²) in [6.45, 7) is 0. The highest BCUT2D eigenvalue weighted by atomic mass is 32.2. The van der Waals surface area contributed by atoms with Crippen LogP contribution in [-0.2, 0) is 9.84 Å². The molecule has 0 saturated carbocycles. The third-order valence-corrected chi connectivity index (χ3v) is 5.82. The van der Waals surface area contributed by atoms with Gasteiger partial charge in [0, 0.05) is 11.0 Å². The van der Waals surface area contributed by atoms with Crippen LogP contribution in [0.3, 0.4) is 0 Å². The predicted molar refractivity (Wildman–Crippen MR) is 87.7 cm³/mol. The number of furan rings is 1. The summed E-state index contributed by atoms with van der Waals surface area (Å²) in [5, 5.41) is 5.30. The lowest BCUT2D eigenvalue weighted by Crippen LogP contribution is -2.20. The summed E-state index contributed by atoms with van der Waals surface area (Å²) in [7, 11) is -3.08. The number of anilines is 1. The molecule has 0 spiro atoms. The molecule has 0 radical (unpaired) electrons. The minimum absolute atomic E-state index is 0.0648. The minimum atomic E-state index is -3.08. The molecule has 5 nitrogen and oxygen atoms in total. The van der Waals surface area contributed by atoms with Gasteiger partial charge in [0.25, 0.3) is 0 Å². The quantitative estimate of drug-likeness (QED) is 0.797. The Morgan fingerprint density at radius 1 is 1.27 bits per heavy atom. The molecule has 1 atom stereocenters. The number of fused-ring (bicyclic) bond motifs is 1. The van der Waals surface area contributed by atoms with Gasteiger partial charge in [0.1, 0.15) is 22.5 Å². The maximum Gasteiger partial charge on any atom is 0.210 e. The van der Waals surface area contributed by atoms with Crippen LogP contribution in [0.4, 0.5) is 5.69 Å². The summed E-state index contributed by atoms with van der Waals surface area (Å²) in [5.74, 6) is 0.0648. The van der Waals surface area contributed by atoms with E-state index in [9.17, 15) is 8.42 Å². The molecule has 1 N–H and O–H groups in total. The van der Waals surface area contributed by atoms with Crippen LogP contribution >= 0.6 is 11.3 Å².